The van der Waals surface area contributed by atoms with E-state index in [0.29, 0.717) is 6.61 Å². The Kier molecular flexibility index (Phi) is 8.60. The molecule has 152 valence electrons. The van der Waals surface area contributed by atoms with Gasteiger partial charge in [-0.1, -0.05) is 39.3 Å². The van der Waals surface area contributed by atoms with E-state index < -0.39 is 8.32 Å². The maximum atomic E-state index is 11.7. The molecule has 0 saturated heterocycles. The normalized spacial score (nSPS) is 12.7. The molecule has 0 heterocycles. The minimum Gasteiger partial charge on any atom is -0.541 e. The Morgan fingerprint density at radius 1 is 1.15 bits per heavy atom. The van der Waals surface area contributed by atoms with Gasteiger partial charge in [-0.2, -0.15) is 0 Å². The summed E-state index contributed by atoms with van der Waals surface area (Å²) in [5, 5.41) is 0.130. The van der Waals surface area contributed by atoms with Crippen molar-refractivity contribution in [3.05, 3.63) is 35.4 Å². The second kappa shape index (κ2) is 9.97. The summed E-state index contributed by atoms with van der Waals surface area (Å²) in [6.45, 7) is 15.4. The van der Waals surface area contributed by atoms with E-state index in [-0.39, 0.29) is 11.0 Å². The van der Waals surface area contributed by atoms with Crippen molar-refractivity contribution >= 4 is 14.3 Å². The van der Waals surface area contributed by atoms with Crippen molar-refractivity contribution in [2.24, 2.45) is 0 Å². The topological polar surface area (TPSA) is 44.8 Å². The molecule has 5 heteroatoms. The van der Waals surface area contributed by atoms with Gasteiger partial charge in [-0.3, -0.25) is 0 Å². The minimum absolute atomic E-state index is 0.130. The summed E-state index contributed by atoms with van der Waals surface area (Å²) in [5.74, 6) is 1.32. The second-order valence-electron chi connectivity index (χ2n) is 8.26. The van der Waals surface area contributed by atoms with Crippen molar-refractivity contribution in [2.75, 3.05) is 13.7 Å². The summed E-state index contributed by atoms with van der Waals surface area (Å²) in [6, 6.07) is 6.14. The molecule has 0 amide bonds. The summed E-state index contributed by atoms with van der Waals surface area (Å²) in [7, 11) is -0.243. The third-order valence-corrected chi connectivity index (χ3v) is 9.54. The van der Waals surface area contributed by atoms with Crippen LogP contribution in [0.2, 0.25) is 18.1 Å². The lowest BCUT2D eigenvalue weighted by atomic mass is 10.0. The van der Waals surface area contributed by atoms with E-state index >= 15 is 0 Å². The van der Waals surface area contributed by atoms with Gasteiger partial charge in [0.05, 0.1) is 13.7 Å². The van der Waals surface area contributed by atoms with E-state index in [0.717, 1.165) is 41.9 Å². The zero-order valence-corrected chi connectivity index (χ0v) is 19.3. The number of hydrogen-bond acceptors (Lipinski definition) is 4. The van der Waals surface area contributed by atoms with Gasteiger partial charge in [-0.05, 0) is 62.0 Å². The molecule has 0 saturated carbocycles. The van der Waals surface area contributed by atoms with Crippen LogP contribution in [-0.4, -0.2) is 28.0 Å². The van der Waals surface area contributed by atoms with Gasteiger partial charge < -0.3 is 13.9 Å². The zero-order chi connectivity index (χ0) is 20.7. The molecule has 0 N–H and O–H groups in total. The third kappa shape index (κ3) is 7.05. The van der Waals surface area contributed by atoms with Crippen LogP contribution in [0, 0.1) is 0 Å². The van der Waals surface area contributed by atoms with Crippen LogP contribution in [0.25, 0.3) is 0 Å². The van der Waals surface area contributed by atoms with Gasteiger partial charge >= 0.3 is 5.97 Å². The standard InChI is InChI=1S/C22H36O4Si/c1-9-17(16-21(23)25-10-2)11-12-18-13-14-19(20(15-18)24-6)26-27(7,8)22(3,4)5/h13-16H,9-12H2,1-8H3. The van der Waals surface area contributed by atoms with E-state index in [4.69, 9.17) is 13.9 Å². The number of allylic oxidation sites excluding steroid dienone is 1. The lowest BCUT2D eigenvalue weighted by Gasteiger charge is -2.36. The van der Waals surface area contributed by atoms with Crippen molar-refractivity contribution in [3.8, 4) is 11.5 Å². The van der Waals surface area contributed by atoms with Gasteiger partial charge in [0.1, 0.15) is 5.75 Å². The molecule has 0 atom stereocenters. The molecule has 0 aliphatic rings. The largest absolute Gasteiger partial charge is 0.541 e. The van der Waals surface area contributed by atoms with Crippen LogP contribution in [0.1, 0.15) is 53.0 Å². The maximum absolute atomic E-state index is 11.7. The average Bonchev–Trinajstić information content (AvgIpc) is 2.58. The number of esters is 1. The molecule has 0 aliphatic heterocycles. The maximum Gasteiger partial charge on any atom is 0.330 e. The summed E-state index contributed by atoms with van der Waals surface area (Å²) in [6.07, 6.45) is 4.12. The van der Waals surface area contributed by atoms with Crippen LogP contribution >= 0.6 is 0 Å². The molecule has 0 spiro atoms. The first-order valence-corrected chi connectivity index (χ1v) is 12.7. The molecule has 27 heavy (non-hydrogen) atoms. The molecule has 1 aromatic carbocycles. The Hall–Kier alpha value is -1.75. The summed E-state index contributed by atoms with van der Waals surface area (Å²) in [4.78, 5) is 11.7. The van der Waals surface area contributed by atoms with Crippen molar-refractivity contribution in [1.29, 1.82) is 0 Å². The van der Waals surface area contributed by atoms with Crippen molar-refractivity contribution in [3.63, 3.8) is 0 Å². The fourth-order valence-electron chi connectivity index (χ4n) is 2.39. The van der Waals surface area contributed by atoms with E-state index in [1.165, 1.54) is 0 Å². The van der Waals surface area contributed by atoms with Crippen LogP contribution in [0.15, 0.2) is 29.8 Å². The summed E-state index contributed by atoms with van der Waals surface area (Å²) < 4.78 is 17.0. The van der Waals surface area contributed by atoms with E-state index in [1.54, 1.807) is 13.2 Å². The summed E-state index contributed by atoms with van der Waals surface area (Å²) in [5.41, 5.74) is 2.26. The van der Waals surface area contributed by atoms with E-state index in [1.807, 2.05) is 19.1 Å². The van der Waals surface area contributed by atoms with Crippen molar-refractivity contribution in [1.82, 2.24) is 0 Å². The molecule has 4 nitrogen and oxygen atoms in total. The van der Waals surface area contributed by atoms with Gasteiger partial charge in [0.2, 0.25) is 0 Å². The predicted molar refractivity (Wildman–Crippen MR) is 114 cm³/mol. The van der Waals surface area contributed by atoms with Crippen LogP contribution in [0.4, 0.5) is 0 Å². The Morgan fingerprint density at radius 3 is 2.33 bits per heavy atom. The van der Waals surface area contributed by atoms with Gasteiger partial charge in [0.15, 0.2) is 5.75 Å². The minimum atomic E-state index is -1.92. The average molecular weight is 393 g/mol. The van der Waals surface area contributed by atoms with E-state index in [9.17, 15) is 4.79 Å². The number of ether oxygens (including phenoxy) is 2. The molecule has 1 aromatic rings. The molecule has 0 aromatic heterocycles. The Morgan fingerprint density at radius 2 is 1.81 bits per heavy atom. The van der Waals surface area contributed by atoms with Crippen molar-refractivity contribution < 1.29 is 18.7 Å². The molecule has 0 bridgehead atoms. The fraction of sp³-hybridized carbons (Fsp3) is 0.591. The number of benzene rings is 1. The van der Waals surface area contributed by atoms with Crippen molar-refractivity contribution in [2.45, 2.75) is 72.0 Å². The molecule has 0 unspecified atom stereocenters. The first kappa shape index (κ1) is 23.3. The zero-order valence-electron chi connectivity index (χ0n) is 18.3. The lowest BCUT2D eigenvalue weighted by molar-refractivity contribution is -0.137. The van der Waals surface area contributed by atoms with Crippen LogP contribution in [0.3, 0.4) is 0 Å². The highest BCUT2D eigenvalue weighted by molar-refractivity contribution is 6.74. The third-order valence-electron chi connectivity index (χ3n) is 5.20. The Bertz CT molecular complexity index is 657. The molecule has 0 aliphatic carbocycles. The number of carbonyl (C=O) groups is 1. The molecule has 1 rings (SSSR count). The molecular weight excluding hydrogens is 356 g/mol. The first-order chi connectivity index (χ1) is 12.5. The predicted octanol–water partition coefficient (Wildman–Crippen LogP) is 5.91. The van der Waals surface area contributed by atoms with Gasteiger partial charge in [0.25, 0.3) is 8.32 Å². The molecular formula is C22H36O4Si. The number of carbonyl (C=O) groups excluding carboxylic acids is 1. The first-order valence-electron chi connectivity index (χ1n) is 9.76. The molecule has 0 radical (unpaired) electrons. The Balaban J connectivity index is 2.89. The van der Waals surface area contributed by atoms with Gasteiger partial charge in [0, 0.05) is 6.08 Å². The number of rotatable bonds is 9. The van der Waals surface area contributed by atoms with Crippen LogP contribution < -0.4 is 9.16 Å². The number of methoxy groups -OCH3 is 1. The van der Waals surface area contributed by atoms with Crippen LogP contribution in [0.5, 0.6) is 11.5 Å². The number of hydrogen-bond donors (Lipinski definition) is 0. The molecule has 0 fully saturated rings. The number of aryl methyl sites for hydroxylation is 1. The summed E-state index contributed by atoms with van der Waals surface area (Å²) >= 11 is 0. The van der Waals surface area contributed by atoms with Gasteiger partial charge in [-0.15, -0.1) is 0 Å². The SMILES string of the molecule is CCOC(=O)C=C(CC)CCc1ccc(O[Si](C)(C)C(C)(C)C)c(OC)c1. The smallest absolute Gasteiger partial charge is 0.330 e. The van der Waals surface area contributed by atoms with Gasteiger partial charge in [-0.25, -0.2) is 4.79 Å². The Labute approximate surface area is 166 Å². The van der Waals surface area contributed by atoms with Crippen LogP contribution in [-0.2, 0) is 16.0 Å². The second-order valence-corrected chi connectivity index (χ2v) is 13.0. The highest BCUT2D eigenvalue weighted by Crippen LogP contribution is 2.40. The monoisotopic (exact) mass is 392 g/mol. The highest BCUT2D eigenvalue weighted by atomic mass is 28.4. The highest BCUT2D eigenvalue weighted by Gasteiger charge is 2.39. The quantitative estimate of drug-likeness (QED) is 0.298. The van der Waals surface area contributed by atoms with E-state index in [2.05, 4.69) is 46.9 Å². The fourth-order valence-corrected chi connectivity index (χ4v) is 3.41. The lowest BCUT2D eigenvalue weighted by Crippen LogP contribution is -2.43.